The highest BCUT2D eigenvalue weighted by molar-refractivity contribution is 5.96. The molecular weight excluding hydrogens is 466 g/mol. The topological polar surface area (TPSA) is 105 Å². The number of anilines is 1. The lowest BCUT2D eigenvalue weighted by molar-refractivity contribution is -0.115. The van der Waals surface area contributed by atoms with Gasteiger partial charge < -0.3 is 33.4 Å². The van der Waals surface area contributed by atoms with Crippen LogP contribution < -0.4 is 34.6 Å². The zero-order chi connectivity index (χ0) is 26.2. The number of rotatable bonds is 7. The van der Waals surface area contributed by atoms with Crippen molar-refractivity contribution in [3.8, 4) is 28.7 Å². The Bertz CT molecular complexity index is 1360. The van der Waals surface area contributed by atoms with Gasteiger partial charge in [0.15, 0.2) is 11.5 Å². The van der Waals surface area contributed by atoms with E-state index in [4.69, 9.17) is 28.1 Å². The van der Waals surface area contributed by atoms with Crippen LogP contribution in [0, 0.1) is 6.92 Å². The molecule has 0 aliphatic carbocycles. The molecule has 9 heteroatoms. The van der Waals surface area contributed by atoms with Gasteiger partial charge in [0.25, 0.3) is 0 Å². The molecule has 0 fully saturated rings. The Morgan fingerprint density at radius 3 is 2.22 bits per heavy atom. The van der Waals surface area contributed by atoms with Crippen LogP contribution in [-0.2, 0) is 17.6 Å². The maximum atomic E-state index is 13.1. The Hall–Kier alpha value is -3.88. The highest BCUT2D eigenvalue weighted by atomic mass is 16.5. The third kappa shape index (κ3) is 4.53. The first-order chi connectivity index (χ1) is 17.1. The molecule has 1 N–H and O–H groups in total. The Morgan fingerprint density at radius 1 is 1.00 bits per heavy atom. The second-order valence-electron chi connectivity index (χ2n) is 9.25. The monoisotopic (exact) mass is 497 g/mol. The summed E-state index contributed by atoms with van der Waals surface area (Å²) < 4.78 is 33.6. The van der Waals surface area contributed by atoms with Crippen LogP contribution in [0.4, 0.5) is 5.69 Å². The lowest BCUT2D eigenvalue weighted by atomic mass is 9.91. The van der Waals surface area contributed by atoms with Gasteiger partial charge in [-0.1, -0.05) is 0 Å². The van der Waals surface area contributed by atoms with Crippen molar-refractivity contribution in [3.63, 3.8) is 0 Å². The summed E-state index contributed by atoms with van der Waals surface area (Å²) in [7, 11) is 6.03. The predicted octanol–water partition coefficient (Wildman–Crippen LogP) is 4.42. The molecule has 2 aromatic carbocycles. The standard InChI is InChI=1S/C27H31NO8/c1-14-17(12-22(29)28-15-10-20(32-5)25(34-7)21(11-15)33-6)26(30)35-24-16-8-9-27(2,3)36-18(16)13-19(31-4)23(14)24/h10-11,13H,8-9,12H2,1-7H3,(H,28,29). The molecule has 0 saturated carbocycles. The zero-order valence-corrected chi connectivity index (χ0v) is 21.6. The number of hydrogen-bond donors (Lipinski definition) is 1. The van der Waals surface area contributed by atoms with Crippen LogP contribution in [-0.4, -0.2) is 39.9 Å². The minimum Gasteiger partial charge on any atom is -0.496 e. The lowest BCUT2D eigenvalue weighted by Crippen LogP contribution is -2.32. The maximum absolute atomic E-state index is 13.1. The first-order valence-electron chi connectivity index (χ1n) is 11.6. The number of amides is 1. The Morgan fingerprint density at radius 2 is 1.64 bits per heavy atom. The van der Waals surface area contributed by atoms with Gasteiger partial charge in [-0.15, -0.1) is 0 Å². The van der Waals surface area contributed by atoms with E-state index in [0.29, 0.717) is 57.4 Å². The number of ether oxygens (including phenoxy) is 5. The number of fused-ring (bicyclic) bond motifs is 3. The average molecular weight is 498 g/mol. The van der Waals surface area contributed by atoms with Crippen LogP contribution in [0.25, 0.3) is 11.0 Å². The van der Waals surface area contributed by atoms with Crippen LogP contribution in [0.2, 0.25) is 0 Å². The molecule has 1 aromatic heterocycles. The number of hydrogen-bond acceptors (Lipinski definition) is 8. The summed E-state index contributed by atoms with van der Waals surface area (Å²) in [6, 6.07) is 5.06. The van der Waals surface area contributed by atoms with Crippen LogP contribution >= 0.6 is 0 Å². The van der Waals surface area contributed by atoms with Crippen molar-refractivity contribution >= 4 is 22.6 Å². The van der Waals surface area contributed by atoms with Crippen molar-refractivity contribution in [2.24, 2.45) is 0 Å². The van der Waals surface area contributed by atoms with Crippen molar-refractivity contribution < 1.29 is 32.9 Å². The van der Waals surface area contributed by atoms with Crippen LogP contribution in [0.5, 0.6) is 28.7 Å². The lowest BCUT2D eigenvalue weighted by Gasteiger charge is -2.33. The molecule has 1 aliphatic heterocycles. The predicted molar refractivity (Wildman–Crippen MR) is 135 cm³/mol. The van der Waals surface area contributed by atoms with E-state index in [9.17, 15) is 9.59 Å². The highest BCUT2D eigenvalue weighted by Crippen LogP contribution is 2.43. The number of carbonyl (C=O) groups is 1. The van der Waals surface area contributed by atoms with Gasteiger partial charge in [-0.25, -0.2) is 4.79 Å². The van der Waals surface area contributed by atoms with E-state index in [1.54, 1.807) is 26.2 Å². The zero-order valence-electron chi connectivity index (χ0n) is 21.6. The minimum absolute atomic E-state index is 0.190. The van der Waals surface area contributed by atoms with E-state index >= 15 is 0 Å². The summed E-state index contributed by atoms with van der Waals surface area (Å²) in [4.78, 5) is 26.0. The average Bonchev–Trinajstić information content (AvgIpc) is 2.84. The van der Waals surface area contributed by atoms with E-state index in [1.165, 1.54) is 21.3 Å². The fourth-order valence-corrected chi connectivity index (χ4v) is 4.57. The molecule has 3 aromatic rings. The summed E-state index contributed by atoms with van der Waals surface area (Å²) in [5, 5.41) is 3.46. The third-order valence-corrected chi connectivity index (χ3v) is 6.45. The van der Waals surface area contributed by atoms with Crippen LogP contribution in [0.1, 0.15) is 37.0 Å². The molecule has 192 valence electrons. The van der Waals surface area contributed by atoms with Crippen molar-refractivity contribution in [1.82, 2.24) is 0 Å². The fourth-order valence-electron chi connectivity index (χ4n) is 4.57. The summed E-state index contributed by atoms with van der Waals surface area (Å²) >= 11 is 0. The smallest absolute Gasteiger partial charge is 0.340 e. The van der Waals surface area contributed by atoms with Crippen molar-refractivity contribution in [2.75, 3.05) is 33.8 Å². The van der Waals surface area contributed by atoms with Gasteiger partial charge in [0.1, 0.15) is 22.7 Å². The minimum atomic E-state index is -0.569. The van der Waals surface area contributed by atoms with Gasteiger partial charge in [0.2, 0.25) is 11.7 Å². The Balaban J connectivity index is 1.71. The second kappa shape index (κ2) is 9.64. The van der Waals surface area contributed by atoms with E-state index in [2.05, 4.69) is 5.32 Å². The number of carbonyl (C=O) groups excluding carboxylic acids is 1. The van der Waals surface area contributed by atoms with Crippen LogP contribution in [0.15, 0.2) is 27.4 Å². The highest BCUT2D eigenvalue weighted by Gasteiger charge is 2.31. The van der Waals surface area contributed by atoms with Crippen molar-refractivity contribution in [1.29, 1.82) is 0 Å². The van der Waals surface area contributed by atoms with E-state index in [0.717, 1.165) is 12.0 Å². The molecule has 0 unspecified atom stereocenters. The van der Waals surface area contributed by atoms with Gasteiger partial charge in [0, 0.05) is 29.4 Å². The van der Waals surface area contributed by atoms with Gasteiger partial charge >= 0.3 is 5.63 Å². The summed E-state index contributed by atoms with van der Waals surface area (Å²) in [6.07, 6.45) is 1.29. The Kier molecular flexibility index (Phi) is 6.75. The first kappa shape index (κ1) is 25.2. The molecular formula is C27H31NO8. The quantitative estimate of drug-likeness (QED) is 0.478. The van der Waals surface area contributed by atoms with Gasteiger partial charge in [-0.05, 0) is 39.2 Å². The first-order valence-corrected chi connectivity index (χ1v) is 11.6. The molecule has 0 spiro atoms. The molecule has 1 amide bonds. The second-order valence-corrected chi connectivity index (χ2v) is 9.25. The van der Waals surface area contributed by atoms with E-state index in [-0.39, 0.29) is 17.6 Å². The maximum Gasteiger partial charge on any atom is 0.340 e. The molecule has 0 saturated heterocycles. The normalized spacial score (nSPS) is 14.0. The summed E-state index contributed by atoms with van der Waals surface area (Å²) in [5.74, 6) is 1.97. The molecule has 0 radical (unpaired) electrons. The number of methoxy groups -OCH3 is 4. The summed E-state index contributed by atoms with van der Waals surface area (Å²) in [6.45, 7) is 5.83. The molecule has 1 aliphatic rings. The van der Waals surface area contributed by atoms with Gasteiger partial charge in [-0.2, -0.15) is 0 Å². The molecule has 2 heterocycles. The van der Waals surface area contributed by atoms with E-state index < -0.39 is 11.5 Å². The molecule has 0 bridgehead atoms. The molecule has 0 atom stereocenters. The largest absolute Gasteiger partial charge is 0.496 e. The fraction of sp³-hybridized carbons (Fsp3) is 0.407. The van der Waals surface area contributed by atoms with Gasteiger partial charge in [0.05, 0.1) is 45.8 Å². The van der Waals surface area contributed by atoms with Crippen molar-refractivity contribution in [2.45, 2.75) is 45.6 Å². The SMILES string of the molecule is COc1cc(NC(=O)Cc2c(C)c3c(OC)cc4c(c3oc2=O)CCC(C)(C)O4)cc(OC)c1OC. The van der Waals surface area contributed by atoms with Crippen LogP contribution in [0.3, 0.4) is 0 Å². The Labute approximate surface area is 209 Å². The molecule has 36 heavy (non-hydrogen) atoms. The van der Waals surface area contributed by atoms with E-state index in [1.807, 2.05) is 19.9 Å². The molecule has 4 rings (SSSR count). The summed E-state index contributed by atoms with van der Waals surface area (Å²) in [5.41, 5.74) is 1.69. The number of benzene rings is 2. The number of aryl methyl sites for hydroxylation is 2. The van der Waals surface area contributed by atoms with Gasteiger partial charge in [-0.3, -0.25) is 4.79 Å². The number of nitrogens with one attached hydrogen (secondary N) is 1. The third-order valence-electron chi connectivity index (χ3n) is 6.45. The molecule has 9 nitrogen and oxygen atoms in total. The van der Waals surface area contributed by atoms with Crippen molar-refractivity contribution in [3.05, 3.63) is 45.3 Å².